The molecular formula is C20H23NO3. The third kappa shape index (κ3) is 3.53. The maximum atomic E-state index is 12.4. The molecule has 0 aliphatic heterocycles. The molecule has 0 bridgehead atoms. The van der Waals surface area contributed by atoms with Gasteiger partial charge in [0.1, 0.15) is 11.5 Å². The van der Waals surface area contributed by atoms with Crippen molar-refractivity contribution in [1.82, 2.24) is 0 Å². The van der Waals surface area contributed by atoms with Crippen LogP contribution >= 0.6 is 0 Å². The van der Waals surface area contributed by atoms with E-state index in [1.54, 1.807) is 14.0 Å². The molecule has 1 amide bonds. The van der Waals surface area contributed by atoms with Crippen LogP contribution in [0.25, 0.3) is 0 Å². The molecule has 1 atom stereocenters. The molecule has 1 aliphatic carbocycles. The quantitative estimate of drug-likeness (QED) is 0.907. The largest absolute Gasteiger partial charge is 0.495 e. The Labute approximate surface area is 142 Å². The number of rotatable bonds is 5. The molecular weight excluding hydrogens is 302 g/mol. The van der Waals surface area contributed by atoms with Crippen LogP contribution in [0.4, 0.5) is 5.69 Å². The number of hydrogen-bond acceptors (Lipinski definition) is 3. The van der Waals surface area contributed by atoms with Crippen molar-refractivity contribution < 1.29 is 14.3 Å². The first-order chi connectivity index (χ1) is 11.6. The van der Waals surface area contributed by atoms with Gasteiger partial charge in [0, 0.05) is 0 Å². The van der Waals surface area contributed by atoms with Gasteiger partial charge in [0.05, 0.1) is 12.8 Å². The standard InChI is InChI=1S/C20H23NO3/c1-13-7-10-19(23-3)18(11-13)21-20(22)14(2)24-17-9-8-15-5-4-6-16(15)12-17/h7-12,14H,4-6H2,1-3H3,(H,21,22). The minimum absolute atomic E-state index is 0.195. The van der Waals surface area contributed by atoms with Crippen LogP contribution in [-0.4, -0.2) is 19.1 Å². The van der Waals surface area contributed by atoms with Crippen LogP contribution in [0.3, 0.4) is 0 Å². The molecule has 3 rings (SSSR count). The van der Waals surface area contributed by atoms with Gasteiger partial charge in [0.25, 0.3) is 5.91 Å². The zero-order valence-corrected chi connectivity index (χ0v) is 14.4. The van der Waals surface area contributed by atoms with E-state index in [4.69, 9.17) is 9.47 Å². The molecule has 0 spiro atoms. The lowest BCUT2D eigenvalue weighted by atomic mass is 10.1. The fourth-order valence-electron chi connectivity index (χ4n) is 3.03. The lowest BCUT2D eigenvalue weighted by molar-refractivity contribution is -0.122. The number of carbonyl (C=O) groups is 1. The molecule has 2 aromatic rings. The molecule has 24 heavy (non-hydrogen) atoms. The van der Waals surface area contributed by atoms with Gasteiger partial charge in [0.2, 0.25) is 0 Å². The van der Waals surface area contributed by atoms with Crippen LogP contribution < -0.4 is 14.8 Å². The van der Waals surface area contributed by atoms with Gasteiger partial charge in [-0.25, -0.2) is 0 Å². The Balaban J connectivity index is 1.68. The zero-order chi connectivity index (χ0) is 17.1. The molecule has 0 radical (unpaired) electrons. The molecule has 1 N–H and O–H groups in total. The molecule has 1 unspecified atom stereocenters. The van der Waals surface area contributed by atoms with E-state index in [1.807, 2.05) is 31.2 Å². The summed E-state index contributed by atoms with van der Waals surface area (Å²) in [7, 11) is 1.59. The molecule has 2 aromatic carbocycles. The predicted molar refractivity (Wildman–Crippen MR) is 94.9 cm³/mol. The van der Waals surface area contributed by atoms with E-state index in [-0.39, 0.29) is 5.91 Å². The molecule has 4 heteroatoms. The van der Waals surface area contributed by atoms with Crippen LogP contribution in [0.15, 0.2) is 36.4 Å². The van der Waals surface area contributed by atoms with Gasteiger partial charge in [-0.05, 0) is 74.1 Å². The highest BCUT2D eigenvalue weighted by Gasteiger charge is 2.18. The summed E-state index contributed by atoms with van der Waals surface area (Å²) >= 11 is 0. The number of carbonyl (C=O) groups excluding carboxylic acids is 1. The normalized spacial score (nSPS) is 14.0. The number of ether oxygens (including phenoxy) is 2. The SMILES string of the molecule is COc1ccc(C)cc1NC(=O)C(C)Oc1ccc2c(c1)CCC2. The average molecular weight is 325 g/mol. The summed E-state index contributed by atoms with van der Waals surface area (Å²) < 4.78 is 11.1. The maximum absolute atomic E-state index is 12.4. The van der Waals surface area contributed by atoms with Crippen molar-refractivity contribution in [2.45, 2.75) is 39.2 Å². The van der Waals surface area contributed by atoms with Gasteiger partial charge < -0.3 is 14.8 Å². The molecule has 0 saturated heterocycles. The topological polar surface area (TPSA) is 47.6 Å². The minimum atomic E-state index is -0.588. The molecule has 4 nitrogen and oxygen atoms in total. The lowest BCUT2D eigenvalue weighted by Gasteiger charge is -2.17. The maximum Gasteiger partial charge on any atom is 0.265 e. The number of hydrogen-bond donors (Lipinski definition) is 1. The van der Waals surface area contributed by atoms with E-state index < -0.39 is 6.10 Å². The van der Waals surface area contributed by atoms with E-state index in [0.717, 1.165) is 24.2 Å². The summed E-state index contributed by atoms with van der Waals surface area (Å²) in [6.07, 6.45) is 2.84. The summed E-state index contributed by atoms with van der Waals surface area (Å²) in [4.78, 5) is 12.4. The predicted octanol–water partition coefficient (Wildman–Crippen LogP) is 3.90. The highest BCUT2D eigenvalue weighted by molar-refractivity contribution is 5.95. The summed E-state index contributed by atoms with van der Waals surface area (Å²) in [6, 6.07) is 11.8. The molecule has 0 aromatic heterocycles. The third-order valence-corrected chi connectivity index (χ3v) is 4.36. The van der Waals surface area contributed by atoms with Gasteiger partial charge in [-0.15, -0.1) is 0 Å². The van der Waals surface area contributed by atoms with E-state index in [0.29, 0.717) is 11.4 Å². The molecule has 0 saturated carbocycles. The lowest BCUT2D eigenvalue weighted by Crippen LogP contribution is -2.30. The number of amides is 1. The Kier molecular flexibility index (Phi) is 4.74. The van der Waals surface area contributed by atoms with Gasteiger partial charge in [0.15, 0.2) is 6.10 Å². The van der Waals surface area contributed by atoms with Crippen LogP contribution in [0.1, 0.15) is 30.0 Å². The van der Waals surface area contributed by atoms with Gasteiger partial charge >= 0.3 is 0 Å². The Morgan fingerprint density at radius 3 is 2.71 bits per heavy atom. The Morgan fingerprint density at radius 2 is 1.92 bits per heavy atom. The number of fused-ring (bicyclic) bond motifs is 1. The fourth-order valence-corrected chi connectivity index (χ4v) is 3.03. The molecule has 0 heterocycles. The van der Waals surface area contributed by atoms with Crippen LogP contribution in [0.2, 0.25) is 0 Å². The van der Waals surface area contributed by atoms with Gasteiger partial charge in [-0.3, -0.25) is 4.79 Å². The van der Waals surface area contributed by atoms with Gasteiger partial charge in [-0.2, -0.15) is 0 Å². The Hall–Kier alpha value is -2.49. The number of aryl methyl sites for hydroxylation is 3. The number of anilines is 1. The zero-order valence-electron chi connectivity index (χ0n) is 14.4. The summed E-state index contributed by atoms with van der Waals surface area (Å²) in [5.41, 5.74) is 4.44. The number of methoxy groups -OCH3 is 1. The first kappa shape index (κ1) is 16.4. The summed E-state index contributed by atoms with van der Waals surface area (Å²) in [6.45, 7) is 3.73. The minimum Gasteiger partial charge on any atom is -0.495 e. The Bertz CT molecular complexity index is 755. The van der Waals surface area contributed by atoms with Crippen LogP contribution in [0, 0.1) is 6.92 Å². The average Bonchev–Trinajstić information content (AvgIpc) is 3.02. The van der Waals surface area contributed by atoms with Gasteiger partial charge in [-0.1, -0.05) is 12.1 Å². The fraction of sp³-hybridized carbons (Fsp3) is 0.350. The highest BCUT2D eigenvalue weighted by atomic mass is 16.5. The second kappa shape index (κ2) is 6.95. The van der Waals surface area contributed by atoms with Crippen molar-refractivity contribution in [2.75, 3.05) is 12.4 Å². The smallest absolute Gasteiger partial charge is 0.265 e. The van der Waals surface area contributed by atoms with E-state index >= 15 is 0 Å². The van der Waals surface area contributed by atoms with E-state index in [9.17, 15) is 4.79 Å². The van der Waals surface area contributed by atoms with Crippen molar-refractivity contribution in [3.05, 3.63) is 53.1 Å². The van der Waals surface area contributed by atoms with Crippen LogP contribution in [-0.2, 0) is 17.6 Å². The number of nitrogens with one attached hydrogen (secondary N) is 1. The first-order valence-electron chi connectivity index (χ1n) is 8.31. The monoisotopic (exact) mass is 325 g/mol. The molecule has 0 fully saturated rings. The third-order valence-electron chi connectivity index (χ3n) is 4.36. The molecule has 126 valence electrons. The second-order valence-electron chi connectivity index (χ2n) is 6.24. The summed E-state index contributed by atoms with van der Waals surface area (Å²) in [5, 5.41) is 2.89. The van der Waals surface area contributed by atoms with Crippen molar-refractivity contribution in [2.24, 2.45) is 0 Å². The van der Waals surface area contributed by atoms with Crippen molar-refractivity contribution in [3.63, 3.8) is 0 Å². The molecule has 1 aliphatic rings. The van der Waals surface area contributed by atoms with E-state index in [2.05, 4.69) is 17.4 Å². The summed E-state index contributed by atoms with van der Waals surface area (Å²) in [5.74, 6) is 1.19. The van der Waals surface area contributed by atoms with Crippen molar-refractivity contribution >= 4 is 11.6 Å². The van der Waals surface area contributed by atoms with E-state index in [1.165, 1.54) is 17.5 Å². The Morgan fingerprint density at radius 1 is 1.12 bits per heavy atom. The second-order valence-corrected chi connectivity index (χ2v) is 6.24. The van der Waals surface area contributed by atoms with Crippen molar-refractivity contribution in [1.29, 1.82) is 0 Å². The van der Waals surface area contributed by atoms with Crippen LogP contribution in [0.5, 0.6) is 11.5 Å². The highest BCUT2D eigenvalue weighted by Crippen LogP contribution is 2.28. The van der Waals surface area contributed by atoms with Crippen molar-refractivity contribution in [3.8, 4) is 11.5 Å². The first-order valence-corrected chi connectivity index (χ1v) is 8.31. The number of benzene rings is 2.